The van der Waals surface area contributed by atoms with Crippen molar-refractivity contribution < 1.29 is 50.0 Å². The number of hydrogen-bond donors (Lipinski definition) is 8. The molecule has 1 amide bonds. The molecule has 88 heavy (non-hydrogen) atoms. The van der Waals surface area contributed by atoms with Gasteiger partial charge in [0.1, 0.15) is 36.6 Å². The van der Waals surface area contributed by atoms with E-state index in [-0.39, 0.29) is 6.42 Å². The first-order valence-electron chi connectivity index (χ1n) is 38.7. The number of hydrogen-bond acceptors (Lipinski definition) is 10. The van der Waals surface area contributed by atoms with Gasteiger partial charge in [-0.25, -0.2) is 0 Å². The third-order valence-electron chi connectivity index (χ3n) is 19.0. The first-order chi connectivity index (χ1) is 43.2. The van der Waals surface area contributed by atoms with E-state index in [2.05, 4.69) is 43.5 Å². The van der Waals surface area contributed by atoms with E-state index in [9.17, 15) is 40.5 Å². The van der Waals surface area contributed by atoms with Crippen LogP contribution in [0.1, 0.15) is 393 Å². The van der Waals surface area contributed by atoms with Gasteiger partial charge in [0.05, 0.1) is 25.4 Å². The molecule has 0 aromatic rings. The molecule has 0 aliphatic carbocycles. The second kappa shape index (κ2) is 65.6. The molecular weight excluding hydrogens is 1100 g/mol. The van der Waals surface area contributed by atoms with Gasteiger partial charge in [-0.05, 0) is 44.9 Å². The lowest BCUT2D eigenvalue weighted by Crippen LogP contribution is -2.60. The van der Waals surface area contributed by atoms with Crippen molar-refractivity contribution in [2.75, 3.05) is 13.2 Å². The van der Waals surface area contributed by atoms with Gasteiger partial charge in [0.15, 0.2) is 6.29 Å². The average molecular weight is 1250 g/mol. The summed E-state index contributed by atoms with van der Waals surface area (Å²) in [5.41, 5.74) is 0. The molecule has 0 saturated carbocycles. The smallest absolute Gasteiger partial charge is 0.249 e. The van der Waals surface area contributed by atoms with Crippen molar-refractivity contribution in [3.05, 3.63) is 24.3 Å². The van der Waals surface area contributed by atoms with E-state index in [1.54, 1.807) is 0 Å². The maximum atomic E-state index is 13.3. The van der Waals surface area contributed by atoms with Crippen LogP contribution < -0.4 is 5.32 Å². The predicted molar refractivity (Wildman–Crippen MR) is 372 cm³/mol. The van der Waals surface area contributed by atoms with Gasteiger partial charge < -0.3 is 50.5 Å². The highest BCUT2D eigenvalue weighted by atomic mass is 16.7. The lowest BCUT2D eigenvalue weighted by Gasteiger charge is -2.40. The molecule has 522 valence electrons. The van der Waals surface area contributed by atoms with E-state index in [1.165, 1.54) is 308 Å². The highest BCUT2D eigenvalue weighted by Gasteiger charge is 2.44. The Morgan fingerprint density at radius 2 is 0.693 bits per heavy atom. The fourth-order valence-electron chi connectivity index (χ4n) is 12.8. The van der Waals surface area contributed by atoms with E-state index in [0.29, 0.717) is 19.3 Å². The molecule has 1 heterocycles. The Labute approximate surface area is 544 Å². The summed E-state index contributed by atoms with van der Waals surface area (Å²) in [6.45, 7) is 3.53. The van der Waals surface area contributed by atoms with Crippen LogP contribution in [0.25, 0.3) is 0 Å². The molecule has 1 aliphatic rings. The lowest BCUT2D eigenvalue weighted by atomic mass is 9.98. The van der Waals surface area contributed by atoms with Gasteiger partial charge in [-0.3, -0.25) is 4.79 Å². The van der Waals surface area contributed by atoms with Crippen LogP contribution in [0.3, 0.4) is 0 Å². The standard InChI is InChI=1S/C77H149NO10/c1-3-5-7-9-11-13-15-17-19-21-23-25-27-29-30-31-32-33-34-35-36-37-38-39-41-43-45-47-49-51-53-55-57-59-61-63-65-70(81)76(86)78-68(67-87-77-75(85)74(84)73(83)71(66-79)88-77)72(82)69(80)64-62-60-58-56-54-52-50-48-46-44-42-40-28-26-24-22-20-18-16-14-12-10-8-6-4-2/h30-31,33-34,68-75,77,79-85H,3-29,32,35-67H2,1-2H3,(H,78,86)/b31-30-,34-33-. The third kappa shape index (κ3) is 52.0. The number of amides is 1. The molecule has 0 spiro atoms. The molecule has 0 aromatic carbocycles. The Morgan fingerprint density at radius 1 is 0.398 bits per heavy atom. The zero-order chi connectivity index (χ0) is 63.9. The number of rotatable bonds is 69. The van der Waals surface area contributed by atoms with E-state index in [4.69, 9.17) is 9.47 Å². The summed E-state index contributed by atoms with van der Waals surface area (Å²) in [5, 5.41) is 76.7. The number of carbonyl (C=O) groups excluding carboxylic acids is 1. The van der Waals surface area contributed by atoms with Crippen LogP contribution in [-0.2, 0) is 14.3 Å². The number of ether oxygens (including phenoxy) is 2. The van der Waals surface area contributed by atoms with E-state index < -0.39 is 74.2 Å². The Balaban J connectivity index is 2.14. The third-order valence-corrected chi connectivity index (χ3v) is 19.0. The second-order valence-electron chi connectivity index (χ2n) is 27.4. The number of unbranched alkanes of at least 4 members (excludes halogenated alkanes) is 53. The molecule has 8 N–H and O–H groups in total. The predicted octanol–water partition coefficient (Wildman–Crippen LogP) is 19.5. The maximum Gasteiger partial charge on any atom is 0.249 e. The minimum absolute atomic E-state index is 0.263. The van der Waals surface area contributed by atoms with E-state index in [1.807, 2.05) is 0 Å². The molecule has 1 rings (SSSR count). The quantitative estimate of drug-likeness (QED) is 0.0215. The lowest BCUT2D eigenvalue weighted by molar-refractivity contribution is -0.303. The number of allylic oxidation sites excluding steroid dienone is 4. The molecule has 9 unspecified atom stereocenters. The van der Waals surface area contributed by atoms with Crippen molar-refractivity contribution in [2.24, 2.45) is 0 Å². The van der Waals surface area contributed by atoms with Crippen LogP contribution in [0.4, 0.5) is 0 Å². The second-order valence-corrected chi connectivity index (χ2v) is 27.4. The fourth-order valence-corrected chi connectivity index (χ4v) is 12.8. The number of nitrogens with one attached hydrogen (secondary N) is 1. The van der Waals surface area contributed by atoms with Crippen molar-refractivity contribution in [3.63, 3.8) is 0 Å². The molecule has 1 aliphatic heterocycles. The number of carbonyl (C=O) groups is 1. The molecule has 9 atom stereocenters. The number of aliphatic hydroxyl groups excluding tert-OH is 7. The molecule has 1 saturated heterocycles. The SMILES string of the molecule is CCCCCCCCCCCCCCC/C=C\C/C=C\CCCCCCCCCCCCCCCCCCC(O)C(=O)NC(COC1OC(CO)C(O)C(O)C1O)C(O)C(O)CCCCCCCCCCCCCCCCCCCCCCCCCCC. The van der Waals surface area contributed by atoms with Crippen LogP contribution in [0, 0.1) is 0 Å². The van der Waals surface area contributed by atoms with Crippen LogP contribution in [-0.4, -0.2) is 110 Å². The topological polar surface area (TPSA) is 189 Å². The van der Waals surface area contributed by atoms with Crippen molar-refractivity contribution >= 4 is 5.91 Å². The molecule has 0 radical (unpaired) electrons. The highest BCUT2D eigenvalue weighted by molar-refractivity contribution is 5.80. The van der Waals surface area contributed by atoms with Crippen LogP contribution in [0.5, 0.6) is 0 Å². The maximum absolute atomic E-state index is 13.3. The summed E-state index contributed by atoms with van der Waals surface area (Å²) in [4.78, 5) is 13.3. The first-order valence-corrected chi connectivity index (χ1v) is 38.7. The van der Waals surface area contributed by atoms with Gasteiger partial charge in [0, 0.05) is 0 Å². The van der Waals surface area contributed by atoms with Gasteiger partial charge >= 0.3 is 0 Å². The van der Waals surface area contributed by atoms with Gasteiger partial charge in [-0.2, -0.15) is 0 Å². The van der Waals surface area contributed by atoms with Crippen LogP contribution >= 0.6 is 0 Å². The zero-order valence-corrected chi connectivity index (χ0v) is 58.0. The molecular formula is C77H149NO10. The normalized spacial score (nSPS) is 18.7. The van der Waals surface area contributed by atoms with Crippen molar-refractivity contribution in [2.45, 2.75) is 448 Å². The van der Waals surface area contributed by atoms with Gasteiger partial charge in [-0.1, -0.05) is 372 Å². The Bertz CT molecular complexity index is 1480. The minimum atomic E-state index is -1.66. The number of aliphatic hydroxyl groups is 7. The summed E-state index contributed by atoms with van der Waals surface area (Å²) in [6, 6.07) is -1.17. The van der Waals surface area contributed by atoms with E-state index >= 15 is 0 Å². The van der Waals surface area contributed by atoms with Crippen molar-refractivity contribution in [1.82, 2.24) is 5.32 Å². The summed E-state index contributed by atoms with van der Waals surface area (Å²) in [5.74, 6) is -0.689. The van der Waals surface area contributed by atoms with Crippen molar-refractivity contribution in [3.8, 4) is 0 Å². The van der Waals surface area contributed by atoms with Gasteiger partial charge in [0.2, 0.25) is 5.91 Å². The zero-order valence-electron chi connectivity index (χ0n) is 58.0. The summed E-state index contributed by atoms with van der Waals surface area (Å²) in [6.07, 6.45) is 72.8. The molecule has 0 bridgehead atoms. The molecule has 11 heteroatoms. The summed E-state index contributed by atoms with van der Waals surface area (Å²) >= 11 is 0. The van der Waals surface area contributed by atoms with Crippen LogP contribution in [0.15, 0.2) is 24.3 Å². The minimum Gasteiger partial charge on any atom is -0.394 e. The molecule has 11 nitrogen and oxygen atoms in total. The molecule has 0 aromatic heterocycles. The van der Waals surface area contributed by atoms with E-state index in [0.717, 1.165) is 44.9 Å². The van der Waals surface area contributed by atoms with Gasteiger partial charge in [0.25, 0.3) is 0 Å². The first kappa shape index (κ1) is 84.6. The monoisotopic (exact) mass is 1250 g/mol. The van der Waals surface area contributed by atoms with Crippen molar-refractivity contribution in [1.29, 1.82) is 0 Å². The largest absolute Gasteiger partial charge is 0.394 e. The summed E-state index contributed by atoms with van der Waals surface area (Å²) in [7, 11) is 0. The Kier molecular flexibility index (Phi) is 63.1. The summed E-state index contributed by atoms with van der Waals surface area (Å²) < 4.78 is 11.2. The highest BCUT2D eigenvalue weighted by Crippen LogP contribution is 2.24. The Hall–Kier alpha value is -1.41. The fraction of sp³-hybridized carbons (Fsp3) is 0.935. The van der Waals surface area contributed by atoms with Gasteiger partial charge in [-0.15, -0.1) is 0 Å². The Morgan fingerprint density at radius 3 is 1.01 bits per heavy atom. The average Bonchev–Trinajstić information content (AvgIpc) is 2.78. The van der Waals surface area contributed by atoms with Crippen LogP contribution in [0.2, 0.25) is 0 Å². The molecule has 1 fully saturated rings.